The Kier molecular flexibility index (Phi) is 9.32. The predicted octanol–water partition coefficient (Wildman–Crippen LogP) is 7.20. The van der Waals surface area contributed by atoms with E-state index in [-0.39, 0.29) is 17.3 Å². The van der Waals surface area contributed by atoms with Crippen LogP contribution in [0.2, 0.25) is 5.02 Å². The van der Waals surface area contributed by atoms with Crippen LogP contribution in [0.4, 0.5) is 14.9 Å². The fourth-order valence-corrected chi connectivity index (χ4v) is 5.24. The standard InChI is InChI=1S/C28H23BrClFN2O5S/c1-3-37-23-11-17(10-20(29)26(23)38-15-18-6-4-5-7-22(18)31)12-24-27(35)33(28(36)39-24)14-25(34)32-19-9-8-16(2)21(30)13-19/h4-13H,3,14-15H2,1-2H3,(H,32,34)/b24-12-. The first kappa shape index (κ1) is 28.7. The number of anilines is 1. The van der Waals surface area contributed by atoms with Crippen molar-refractivity contribution < 1.29 is 28.2 Å². The van der Waals surface area contributed by atoms with Crippen molar-refractivity contribution >= 4 is 68.1 Å². The molecule has 39 heavy (non-hydrogen) atoms. The van der Waals surface area contributed by atoms with Crippen LogP contribution in [-0.2, 0) is 16.2 Å². The Bertz CT molecular complexity index is 1480. The van der Waals surface area contributed by atoms with Crippen LogP contribution in [0.1, 0.15) is 23.6 Å². The van der Waals surface area contributed by atoms with Crippen LogP contribution < -0.4 is 14.8 Å². The van der Waals surface area contributed by atoms with Gasteiger partial charge < -0.3 is 14.8 Å². The predicted molar refractivity (Wildman–Crippen MR) is 154 cm³/mol. The Balaban J connectivity index is 1.49. The number of halogens is 3. The SMILES string of the molecule is CCOc1cc(/C=C2\SC(=O)N(CC(=O)Nc3ccc(C)c(Cl)c3)C2=O)cc(Br)c1OCc1ccccc1F. The largest absolute Gasteiger partial charge is 0.490 e. The Hall–Kier alpha value is -3.34. The second kappa shape index (κ2) is 12.7. The number of rotatable bonds is 9. The van der Waals surface area contributed by atoms with Crippen LogP contribution >= 0.6 is 39.3 Å². The molecule has 0 saturated carbocycles. The van der Waals surface area contributed by atoms with Gasteiger partial charge in [-0.05, 0) is 89.1 Å². The summed E-state index contributed by atoms with van der Waals surface area (Å²) in [5, 5.41) is 2.58. The zero-order chi connectivity index (χ0) is 28.1. The van der Waals surface area contributed by atoms with Crippen LogP contribution in [0.25, 0.3) is 6.08 Å². The highest BCUT2D eigenvalue weighted by Gasteiger charge is 2.36. The van der Waals surface area contributed by atoms with Crippen LogP contribution in [-0.4, -0.2) is 35.1 Å². The van der Waals surface area contributed by atoms with Crippen LogP contribution in [0.15, 0.2) is 64.0 Å². The molecule has 7 nitrogen and oxygen atoms in total. The number of amides is 3. The monoisotopic (exact) mass is 632 g/mol. The number of nitrogens with zero attached hydrogens (tertiary/aromatic N) is 1. The zero-order valence-electron chi connectivity index (χ0n) is 20.9. The van der Waals surface area contributed by atoms with Crippen molar-refractivity contribution in [2.24, 2.45) is 0 Å². The van der Waals surface area contributed by atoms with Crippen molar-refractivity contribution in [1.29, 1.82) is 0 Å². The number of ether oxygens (including phenoxy) is 2. The molecule has 4 rings (SSSR count). The maximum atomic E-state index is 14.0. The summed E-state index contributed by atoms with van der Waals surface area (Å²) in [5.74, 6) is -0.745. The van der Waals surface area contributed by atoms with Gasteiger partial charge in [0.15, 0.2) is 11.5 Å². The zero-order valence-corrected chi connectivity index (χ0v) is 24.1. The second-order valence-electron chi connectivity index (χ2n) is 8.42. The van der Waals surface area contributed by atoms with Gasteiger partial charge in [-0.2, -0.15) is 0 Å². The number of aryl methyl sites for hydroxylation is 1. The molecule has 3 aromatic rings. The molecule has 1 heterocycles. The average Bonchev–Trinajstić information content (AvgIpc) is 3.14. The summed E-state index contributed by atoms with van der Waals surface area (Å²) in [6, 6.07) is 14.7. The number of hydrogen-bond acceptors (Lipinski definition) is 6. The molecule has 202 valence electrons. The quantitative estimate of drug-likeness (QED) is 0.251. The third-order valence-corrected chi connectivity index (χ3v) is 7.49. The van der Waals surface area contributed by atoms with Crippen molar-refractivity contribution in [1.82, 2.24) is 4.90 Å². The minimum atomic E-state index is -0.587. The van der Waals surface area contributed by atoms with E-state index in [9.17, 15) is 18.8 Å². The third kappa shape index (κ3) is 7.00. The van der Waals surface area contributed by atoms with Crippen molar-refractivity contribution in [3.05, 3.63) is 91.5 Å². The number of benzene rings is 3. The van der Waals surface area contributed by atoms with Crippen LogP contribution in [0.5, 0.6) is 11.5 Å². The Morgan fingerprint density at radius 1 is 1.15 bits per heavy atom. The second-order valence-corrected chi connectivity index (χ2v) is 10.7. The lowest BCUT2D eigenvalue weighted by molar-refractivity contribution is -0.127. The van der Waals surface area contributed by atoms with E-state index in [1.54, 1.807) is 48.5 Å². The van der Waals surface area contributed by atoms with E-state index in [0.717, 1.165) is 22.2 Å². The number of hydrogen-bond donors (Lipinski definition) is 1. The van der Waals surface area contributed by atoms with E-state index in [2.05, 4.69) is 21.2 Å². The molecule has 1 fully saturated rings. The van der Waals surface area contributed by atoms with Gasteiger partial charge in [-0.15, -0.1) is 0 Å². The summed E-state index contributed by atoms with van der Waals surface area (Å²) in [6.45, 7) is 3.53. The van der Waals surface area contributed by atoms with Gasteiger partial charge in [0.1, 0.15) is 19.0 Å². The van der Waals surface area contributed by atoms with E-state index < -0.39 is 23.6 Å². The van der Waals surface area contributed by atoms with Crippen molar-refractivity contribution in [3.8, 4) is 11.5 Å². The van der Waals surface area contributed by atoms with Gasteiger partial charge in [0.2, 0.25) is 5.91 Å². The van der Waals surface area contributed by atoms with Gasteiger partial charge >= 0.3 is 0 Å². The molecule has 1 saturated heterocycles. The van der Waals surface area contributed by atoms with Crippen LogP contribution in [0.3, 0.4) is 0 Å². The number of carbonyl (C=O) groups excluding carboxylic acids is 3. The van der Waals surface area contributed by atoms with E-state index >= 15 is 0 Å². The number of nitrogens with one attached hydrogen (secondary N) is 1. The molecular weight excluding hydrogens is 611 g/mol. The summed E-state index contributed by atoms with van der Waals surface area (Å²) in [6.07, 6.45) is 1.54. The molecule has 0 radical (unpaired) electrons. The third-order valence-electron chi connectivity index (χ3n) is 5.59. The van der Waals surface area contributed by atoms with Crippen LogP contribution in [0, 0.1) is 12.7 Å². The highest BCUT2D eigenvalue weighted by molar-refractivity contribution is 9.10. The first-order chi connectivity index (χ1) is 18.7. The lowest BCUT2D eigenvalue weighted by atomic mass is 10.1. The number of carbonyl (C=O) groups is 3. The summed E-state index contributed by atoms with van der Waals surface area (Å²) in [5.41, 5.74) is 2.27. The Labute approximate surface area is 242 Å². The molecular formula is C28H23BrClFN2O5S. The lowest BCUT2D eigenvalue weighted by Crippen LogP contribution is -2.36. The number of imide groups is 1. The smallest absolute Gasteiger partial charge is 0.294 e. The number of thioether (sulfide) groups is 1. The summed E-state index contributed by atoms with van der Waals surface area (Å²) in [4.78, 5) is 39.1. The van der Waals surface area contributed by atoms with Gasteiger partial charge in [0, 0.05) is 16.3 Å². The van der Waals surface area contributed by atoms with E-state index in [4.69, 9.17) is 21.1 Å². The minimum Gasteiger partial charge on any atom is -0.490 e. The van der Waals surface area contributed by atoms with Crippen molar-refractivity contribution in [2.75, 3.05) is 18.5 Å². The Morgan fingerprint density at radius 3 is 2.64 bits per heavy atom. The highest BCUT2D eigenvalue weighted by atomic mass is 79.9. The molecule has 0 aromatic heterocycles. The molecule has 0 aliphatic carbocycles. The maximum absolute atomic E-state index is 14.0. The fraction of sp³-hybridized carbons (Fsp3) is 0.179. The molecule has 3 aromatic carbocycles. The summed E-state index contributed by atoms with van der Waals surface area (Å²) >= 11 is 10.3. The molecule has 1 N–H and O–H groups in total. The molecule has 3 amide bonds. The van der Waals surface area contributed by atoms with Gasteiger partial charge in [0.25, 0.3) is 11.1 Å². The van der Waals surface area contributed by atoms with Crippen molar-refractivity contribution in [3.63, 3.8) is 0 Å². The first-order valence-corrected chi connectivity index (χ1v) is 13.8. The summed E-state index contributed by atoms with van der Waals surface area (Å²) in [7, 11) is 0. The molecule has 0 atom stereocenters. The molecule has 1 aliphatic rings. The molecule has 0 spiro atoms. The van der Waals surface area contributed by atoms with Gasteiger partial charge in [-0.1, -0.05) is 35.9 Å². The molecule has 0 unspecified atom stereocenters. The first-order valence-electron chi connectivity index (χ1n) is 11.8. The van der Waals surface area contributed by atoms with E-state index in [1.807, 2.05) is 13.8 Å². The maximum Gasteiger partial charge on any atom is 0.294 e. The average molecular weight is 634 g/mol. The normalized spacial score (nSPS) is 14.2. The minimum absolute atomic E-state index is 0.0135. The van der Waals surface area contributed by atoms with E-state index in [0.29, 0.717) is 44.4 Å². The van der Waals surface area contributed by atoms with Gasteiger partial charge in [-0.3, -0.25) is 19.3 Å². The Morgan fingerprint density at radius 2 is 1.92 bits per heavy atom. The van der Waals surface area contributed by atoms with Gasteiger partial charge in [-0.25, -0.2) is 4.39 Å². The topological polar surface area (TPSA) is 84.9 Å². The van der Waals surface area contributed by atoms with Gasteiger partial charge in [0.05, 0.1) is 16.0 Å². The lowest BCUT2D eigenvalue weighted by Gasteiger charge is -2.15. The fourth-order valence-electron chi connectivity index (χ4n) is 3.64. The summed E-state index contributed by atoms with van der Waals surface area (Å²) < 4.78 is 26.1. The van der Waals surface area contributed by atoms with E-state index in [1.165, 1.54) is 12.1 Å². The highest BCUT2D eigenvalue weighted by Crippen LogP contribution is 2.40. The van der Waals surface area contributed by atoms with Crippen molar-refractivity contribution in [2.45, 2.75) is 20.5 Å². The molecule has 11 heteroatoms. The molecule has 0 bridgehead atoms. The molecule has 1 aliphatic heterocycles.